The SMILES string of the molecule is c1ccc(-c2ccc(N(c3ccc(-c4ccc5ccccc5c4)cc3)c3ccc(-c4ccccc4-n4c5ccccc5c5cc(-c6ccccc6)ccc54)cc3)cc2)cc1. The van der Waals surface area contributed by atoms with Crippen LogP contribution >= 0.6 is 0 Å². The summed E-state index contributed by atoms with van der Waals surface area (Å²) in [5, 5.41) is 4.99. The summed E-state index contributed by atoms with van der Waals surface area (Å²) in [6.45, 7) is 0. The summed E-state index contributed by atoms with van der Waals surface area (Å²) in [6, 6.07) is 87.8. The van der Waals surface area contributed by atoms with E-state index in [1.54, 1.807) is 0 Å². The number of hydrogen-bond acceptors (Lipinski definition) is 1. The fourth-order valence-electron chi connectivity index (χ4n) is 8.80. The van der Waals surface area contributed by atoms with Crippen LogP contribution in [-0.4, -0.2) is 4.57 Å². The lowest BCUT2D eigenvalue weighted by Crippen LogP contribution is -2.09. The van der Waals surface area contributed by atoms with Crippen molar-refractivity contribution in [3.8, 4) is 50.2 Å². The fourth-order valence-corrected chi connectivity index (χ4v) is 8.80. The van der Waals surface area contributed by atoms with Crippen LogP contribution in [0.3, 0.4) is 0 Å². The van der Waals surface area contributed by atoms with Crippen LogP contribution in [0.2, 0.25) is 0 Å². The molecule has 0 aliphatic heterocycles. The van der Waals surface area contributed by atoms with Crippen LogP contribution < -0.4 is 4.90 Å². The molecule has 1 aromatic heterocycles. The van der Waals surface area contributed by atoms with Crippen LogP contribution in [0, 0.1) is 0 Å². The van der Waals surface area contributed by atoms with Gasteiger partial charge in [-0.05, 0) is 116 Å². The molecule has 0 radical (unpaired) electrons. The molecule has 11 rings (SSSR count). The van der Waals surface area contributed by atoms with E-state index in [4.69, 9.17) is 0 Å². The lowest BCUT2D eigenvalue weighted by molar-refractivity contribution is 1.18. The second-order valence-electron chi connectivity index (χ2n) is 15.4. The van der Waals surface area contributed by atoms with Crippen LogP contribution in [-0.2, 0) is 0 Å². The van der Waals surface area contributed by atoms with Gasteiger partial charge in [0.1, 0.15) is 0 Å². The van der Waals surface area contributed by atoms with Crippen molar-refractivity contribution in [3.63, 3.8) is 0 Å². The standard InChI is InChI=1S/C58H40N2/c1-3-13-41(14-4-1)44-25-32-50(33-26-44)59(51-34-27-45(28-35-51)48-24-23-43-17-7-8-18-47(43)39-48)52-36-29-46(30-37-52)53-19-9-11-21-56(53)60-57-22-12-10-20-54(57)55-40-49(31-38-58(55)60)42-15-5-2-6-16-42/h1-40H. The van der Waals surface area contributed by atoms with Crippen LogP contribution in [0.1, 0.15) is 0 Å². The molecule has 0 saturated carbocycles. The van der Waals surface area contributed by atoms with Crippen molar-refractivity contribution in [3.05, 3.63) is 243 Å². The highest BCUT2D eigenvalue weighted by Gasteiger charge is 2.18. The Morgan fingerprint density at radius 2 is 0.717 bits per heavy atom. The van der Waals surface area contributed by atoms with Crippen molar-refractivity contribution in [1.29, 1.82) is 0 Å². The van der Waals surface area contributed by atoms with E-state index in [9.17, 15) is 0 Å². The summed E-state index contributed by atoms with van der Waals surface area (Å²) >= 11 is 0. The van der Waals surface area contributed by atoms with Crippen LogP contribution in [0.25, 0.3) is 82.8 Å². The lowest BCUT2D eigenvalue weighted by Gasteiger charge is -2.26. The topological polar surface area (TPSA) is 8.17 Å². The number of aromatic nitrogens is 1. The Kier molecular flexibility index (Phi) is 8.87. The summed E-state index contributed by atoms with van der Waals surface area (Å²) in [5.74, 6) is 0. The smallest absolute Gasteiger partial charge is 0.0541 e. The Labute approximate surface area is 350 Å². The molecule has 0 spiro atoms. The molecule has 0 aliphatic rings. The summed E-state index contributed by atoms with van der Waals surface area (Å²) in [4.78, 5) is 2.35. The molecule has 2 nitrogen and oxygen atoms in total. The highest BCUT2D eigenvalue weighted by molar-refractivity contribution is 6.11. The van der Waals surface area contributed by atoms with E-state index < -0.39 is 0 Å². The number of nitrogens with zero attached hydrogens (tertiary/aromatic N) is 2. The number of anilines is 3. The molecule has 0 bridgehead atoms. The molecule has 0 unspecified atom stereocenters. The second-order valence-corrected chi connectivity index (χ2v) is 15.4. The molecular weight excluding hydrogens is 725 g/mol. The molecule has 0 fully saturated rings. The van der Waals surface area contributed by atoms with Crippen molar-refractivity contribution in [2.45, 2.75) is 0 Å². The molecule has 10 aromatic carbocycles. The van der Waals surface area contributed by atoms with Crippen molar-refractivity contribution in [1.82, 2.24) is 4.57 Å². The van der Waals surface area contributed by atoms with Crippen LogP contribution in [0.4, 0.5) is 17.1 Å². The Balaban J connectivity index is 0.988. The maximum atomic E-state index is 2.43. The number of para-hydroxylation sites is 2. The Hall–Kier alpha value is -7.94. The average Bonchev–Trinajstić information content (AvgIpc) is 3.66. The van der Waals surface area contributed by atoms with Gasteiger partial charge < -0.3 is 9.47 Å². The van der Waals surface area contributed by atoms with Gasteiger partial charge in [0, 0.05) is 33.4 Å². The van der Waals surface area contributed by atoms with Gasteiger partial charge in [-0.2, -0.15) is 0 Å². The minimum atomic E-state index is 1.09. The van der Waals surface area contributed by atoms with Crippen molar-refractivity contribution in [2.75, 3.05) is 4.90 Å². The van der Waals surface area contributed by atoms with Gasteiger partial charge in [0.05, 0.1) is 16.7 Å². The fraction of sp³-hybridized carbons (Fsp3) is 0. The largest absolute Gasteiger partial charge is 0.311 e. The van der Waals surface area contributed by atoms with Gasteiger partial charge in [0.2, 0.25) is 0 Å². The molecule has 0 saturated heterocycles. The van der Waals surface area contributed by atoms with E-state index in [1.807, 2.05) is 0 Å². The lowest BCUT2D eigenvalue weighted by atomic mass is 10.00. The third-order valence-corrected chi connectivity index (χ3v) is 11.8. The van der Waals surface area contributed by atoms with Crippen LogP contribution in [0.5, 0.6) is 0 Å². The molecule has 0 amide bonds. The normalized spacial score (nSPS) is 11.3. The highest BCUT2D eigenvalue weighted by atomic mass is 15.1. The first-order valence-corrected chi connectivity index (χ1v) is 20.6. The van der Waals surface area contributed by atoms with Gasteiger partial charge in [-0.1, -0.05) is 176 Å². The van der Waals surface area contributed by atoms with Gasteiger partial charge >= 0.3 is 0 Å². The second kappa shape index (κ2) is 15.1. The Bertz CT molecular complexity index is 3270. The zero-order valence-electron chi connectivity index (χ0n) is 33.0. The van der Waals surface area contributed by atoms with Gasteiger partial charge in [-0.3, -0.25) is 0 Å². The number of benzene rings is 10. The molecule has 11 aromatic rings. The third-order valence-electron chi connectivity index (χ3n) is 11.8. The number of fused-ring (bicyclic) bond motifs is 4. The first-order chi connectivity index (χ1) is 29.7. The third kappa shape index (κ3) is 6.41. The molecule has 0 aliphatic carbocycles. The molecule has 282 valence electrons. The van der Waals surface area contributed by atoms with Crippen molar-refractivity contribution < 1.29 is 0 Å². The van der Waals surface area contributed by atoms with E-state index >= 15 is 0 Å². The maximum Gasteiger partial charge on any atom is 0.0541 e. The number of rotatable bonds is 8. The van der Waals surface area contributed by atoms with E-state index in [0.717, 1.165) is 28.3 Å². The molecule has 60 heavy (non-hydrogen) atoms. The molecule has 0 atom stereocenters. The van der Waals surface area contributed by atoms with E-state index in [2.05, 4.69) is 252 Å². The summed E-state index contributed by atoms with van der Waals surface area (Å²) < 4.78 is 2.43. The van der Waals surface area contributed by atoms with Gasteiger partial charge in [0.25, 0.3) is 0 Å². The Morgan fingerprint density at radius 1 is 0.267 bits per heavy atom. The first kappa shape index (κ1) is 35.2. The van der Waals surface area contributed by atoms with Gasteiger partial charge in [0.15, 0.2) is 0 Å². The molecule has 2 heteroatoms. The predicted molar refractivity (Wildman–Crippen MR) is 255 cm³/mol. The molecule has 1 heterocycles. The van der Waals surface area contributed by atoms with Crippen molar-refractivity contribution in [2.24, 2.45) is 0 Å². The molecular formula is C58H40N2. The van der Waals surface area contributed by atoms with Crippen LogP contribution in [0.15, 0.2) is 243 Å². The van der Waals surface area contributed by atoms with Gasteiger partial charge in [-0.25, -0.2) is 0 Å². The van der Waals surface area contributed by atoms with Gasteiger partial charge in [-0.15, -0.1) is 0 Å². The van der Waals surface area contributed by atoms with E-state index in [1.165, 1.54) is 71.5 Å². The average molecular weight is 765 g/mol. The van der Waals surface area contributed by atoms with E-state index in [-0.39, 0.29) is 0 Å². The summed E-state index contributed by atoms with van der Waals surface area (Å²) in [7, 11) is 0. The first-order valence-electron chi connectivity index (χ1n) is 20.6. The zero-order chi connectivity index (χ0) is 39.8. The minimum Gasteiger partial charge on any atom is -0.311 e. The zero-order valence-corrected chi connectivity index (χ0v) is 33.0. The quantitative estimate of drug-likeness (QED) is 0.150. The highest BCUT2D eigenvalue weighted by Crippen LogP contribution is 2.41. The predicted octanol–water partition coefficient (Wildman–Crippen LogP) is 16.1. The molecule has 0 N–H and O–H groups in total. The minimum absolute atomic E-state index is 1.09. The Morgan fingerprint density at radius 3 is 1.40 bits per heavy atom. The summed E-state index contributed by atoms with van der Waals surface area (Å²) in [5.41, 5.74) is 16.4. The number of hydrogen-bond donors (Lipinski definition) is 0. The monoisotopic (exact) mass is 764 g/mol. The van der Waals surface area contributed by atoms with E-state index in [0.29, 0.717) is 0 Å². The maximum absolute atomic E-state index is 2.43. The van der Waals surface area contributed by atoms with Crippen molar-refractivity contribution >= 4 is 49.6 Å². The summed E-state index contributed by atoms with van der Waals surface area (Å²) in [6.07, 6.45) is 0.